The molecule has 1 aromatic rings. The standard InChI is InChI=1S/C15H22BrClN2/c1-3-7-18-13-6-8-19(11(2)9-13)15-5-4-12(16)10-14(15)17/h4-5,10-11,13,18H,3,6-9H2,1-2H3. The van der Waals surface area contributed by atoms with Crippen molar-refractivity contribution >= 4 is 33.2 Å². The summed E-state index contributed by atoms with van der Waals surface area (Å²) in [6.07, 6.45) is 3.58. The maximum absolute atomic E-state index is 6.36. The van der Waals surface area contributed by atoms with Gasteiger partial charge in [-0.25, -0.2) is 0 Å². The lowest BCUT2D eigenvalue weighted by molar-refractivity contribution is 0.369. The molecule has 1 fully saturated rings. The van der Waals surface area contributed by atoms with Gasteiger partial charge in [0, 0.05) is 23.1 Å². The van der Waals surface area contributed by atoms with Crippen LogP contribution in [0.4, 0.5) is 5.69 Å². The van der Waals surface area contributed by atoms with Crippen LogP contribution in [-0.4, -0.2) is 25.2 Å². The average Bonchev–Trinajstić information content (AvgIpc) is 2.37. The fraction of sp³-hybridized carbons (Fsp3) is 0.600. The van der Waals surface area contributed by atoms with Gasteiger partial charge in [-0.15, -0.1) is 0 Å². The topological polar surface area (TPSA) is 15.3 Å². The first-order valence-electron chi connectivity index (χ1n) is 7.07. The number of nitrogens with one attached hydrogen (secondary N) is 1. The van der Waals surface area contributed by atoms with E-state index in [1.54, 1.807) is 0 Å². The van der Waals surface area contributed by atoms with Gasteiger partial charge in [0.25, 0.3) is 0 Å². The highest BCUT2D eigenvalue weighted by Gasteiger charge is 2.26. The Labute approximate surface area is 129 Å². The number of anilines is 1. The molecule has 2 nitrogen and oxygen atoms in total. The molecule has 0 radical (unpaired) electrons. The number of hydrogen-bond acceptors (Lipinski definition) is 2. The summed E-state index contributed by atoms with van der Waals surface area (Å²) in [5.41, 5.74) is 1.16. The van der Waals surface area contributed by atoms with Gasteiger partial charge in [0.2, 0.25) is 0 Å². The summed E-state index contributed by atoms with van der Waals surface area (Å²) in [5, 5.41) is 4.46. The fourth-order valence-corrected chi connectivity index (χ4v) is 3.56. The zero-order valence-corrected chi connectivity index (χ0v) is 14.0. The monoisotopic (exact) mass is 344 g/mol. The van der Waals surface area contributed by atoms with Crippen molar-refractivity contribution in [2.75, 3.05) is 18.0 Å². The fourth-order valence-electron chi connectivity index (χ4n) is 2.78. The normalized spacial score (nSPS) is 23.7. The summed E-state index contributed by atoms with van der Waals surface area (Å²) in [4.78, 5) is 2.43. The van der Waals surface area contributed by atoms with Gasteiger partial charge in [0.05, 0.1) is 10.7 Å². The molecule has 19 heavy (non-hydrogen) atoms. The Morgan fingerprint density at radius 3 is 2.89 bits per heavy atom. The Morgan fingerprint density at radius 1 is 1.47 bits per heavy atom. The lowest BCUT2D eigenvalue weighted by Crippen LogP contribution is -2.47. The van der Waals surface area contributed by atoms with Crippen molar-refractivity contribution in [2.24, 2.45) is 0 Å². The van der Waals surface area contributed by atoms with Gasteiger partial charge >= 0.3 is 0 Å². The lowest BCUT2D eigenvalue weighted by Gasteiger charge is -2.40. The Kier molecular flexibility index (Phi) is 5.55. The van der Waals surface area contributed by atoms with E-state index in [1.165, 1.54) is 19.3 Å². The molecule has 2 rings (SSSR count). The van der Waals surface area contributed by atoms with Crippen molar-refractivity contribution < 1.29 is 0 Å². The smallest absolute Gasteiger partial charge is 0.0650 e. The Bertz CT molecular complexity index is 425. The number of rotatable bonds is 4. The van der Waals surface area contributed by atoms with E-state index < -0.39 is 0 Å². The van der Waals surface area contributed by atoms with Crippen LogP contribution in [0.25, 0.3) is 0 Å². The molecule has 2 unspecified atom stereocenters. The third-order valence-electron chi connectivity index (χ3n) is 3.78. The van der Waals surface area contributed by atoms with Gasteiger partial charge < -0.3 is 10.2 Å². The van der Waals surface area contributed by atoms with E-state index in [-0.39, 0.29) is 0 Å². The van der Waals surface area contributed by atoms with E-state index in [1.807, 2.05) is 6.07 Å². The van der Waals surface area contributed by atoms with Crippen molar-refractivity contribution in [1.29, 1.82) is 0 Å². The largest absolute Gasteiger partial charge is 0.368 e. The lowest BCUT2D eigenvalue weighted by atomic mass is 9.97. The summed E-state index contributed by atoms with van der Waals surface area (Å²) in [5.74, 6) is 0. The highest BCUT2D eigenvalue weighted by atomic mass is 79.9. The molecule has 0 saturated carbocycles. The predicted octanol–water partition coefficient (Wildman–Crippen LogP) is 4.46. The number of nitrogens with zero attached hydrogens (tertiary/aromatic N) is 1. The van der Waals surface area contributed by atoms with Crippen molar-refractivity contribution in [3.8, 4) is 0 Å². The second-order valence-electron chi connectivity index (χ2n) is 5.31. The van der Waals surface area contributed by atoms with Gasteiger partial charge in [0.15, 0.2) is 0 Å². The summed E-state index contributed by atoms with van der Waals surface area (Å²) in [7, 11) is 0. The van der Waals surface area contributed by atoms with Crippen LogP contribution in [0.3, 0.4) is 0 Å². The molecule has 1 N–H and O–H groups in total. The van der Waals surface area contributed by atoms with E-state index in [2.05, 4.69) is 52.1 Å². The maximum Gasteiger partial charge on any atom is 0.0650 e. The van der Waals surface area contributed by atoms with E-state index in [9.17, 15) is 0 Å². The van der Waals surface area contributed by atoms with Crippen LogP contribution in [0.5, 0.6) is 0 Å². The summed E-state index contributed by atoms with van der Waals surface area (Å²) < 4.78 is 1.04. The molecule has 1 aromatic carbocycles. The first kappa shape index (κ1) is 15.1. The zero-order chi connectivity index (χ0) is 13.8. The second-order valence-corrected chi connectivity index (χ2v) is 6.64. The van der Waals surface area contributed by atoms with Crippen LogP contribution in [0.2, 0.25) is 5.02 Å². The molecule has 1 heterocycles. The number of halogens is 2. The highest BCUT2D eigenvalue weighted by molar-refractivity contribution is 9.10. The quantitative estimate of drug-likeness (QED) is 0.866. The van der Waals surface area contributed by atoms with Crippen LogP contribution in [0.1, 0.15) is 33.1 Å². The van der Waals surface area contributed by atoms with Crippen molar-refractivity contribution in [1.82, 2.24) is 5.32 Å². The molecule has 1 saturated heterocycles. The molecule has 1 aliphatic rings. The van der Waals surface area contributed by atoms with E-state index >= 15 is 0 Å². The Morgan fingerprint density at radius 2 is 2.26 bits per heavy atom. The molecule has 106 valence electrons. The molecule has 0 spiro atoms. The predicted molar refractivity (Wildman–Crippen MR) is 87.3 cm³/mol. The molecule has 4 heteroatoms. The second kappa shape index (κ2) is 6.96. The molecular formula is C15H22BrClN2. The maximum atomic E-state index is 6.36. The minimum Gasteiger partial charge on any atom is -0.368 e. The molecular weight excluding hydrogens is 324 g/mol. The van der Waals surface area contributed by atoms with Crippen molar-refractivity contribution in [3.63, 3.8) is 0 Å². The number of hydrogen-bond donors (Lipinski definition) is 1. The van der Waals surface area contributed by atoms with E-state index in [4.69, 9.17) is 11.6 Å². The van der Waals surface area contributed by atoms with Gasteiger partial charge in [-0.1, -0.05) is 34.5 Å². The molecule has 2 atom stereocenters. The minimum absolute atomic E-state index is 0.529. The van der Waals surface area contributed by atoms with Crippen LogP contribution in [0, 0.1) is 0 Å². The molecule has 0 amide bonds. The third-order valence-corrected chi connectivity index (χ3v) is 4.57. The number of piperidine rings is 1. The van der Waals surface area contributed by atoms with E-state index in [0.29, 0.717) is 12.1 Å². The molecule has 0 bridgehead atoms. The first-order chi connectivity index (χ1) is 9.11. The van der Waals surface area contributed by atoms with Crippen molar-refractivity contribution in [2.45, 2.75) is 45.2 Å². The van der Waals surface area contributed by atoms with Gasteiger partial charge in [-0.3, -0.25) is 0 Å². The molecule has 0 aliphatic carbocycles. The molecule has 0 aromatic heterocycles. The van der Waals surface area contributed by atoms with Gasteiger partial charge in [-0.05, 0) is 50.9 Å². The minimum atomic E-state index is 0.529. The van der Waals surface area contributed by atoms with Crippen LogP contribution < -0.4 is 10.2 Å². The molecule has 1 aliphatic heterocycles. The summed E-state index contributed by atoms with van der Waals surface area (Å²) in [6.45, 7) is 6.70. The number of benzene rings is 1. The Hall–Kier alpha value is -0.250. The summed E-state index contributed by atoms with van der Waals surface area (Å²) in [6, 6.07) is 7.34. The Balaban J connectivity index is 2.03. The van der Waals surface area contributed by atoms with Crippen molar-refractivity contribution in [3.05, 3.63) is 27.7 Å². The van der Waals surface area contributed by atoms with E-state index in [0.717, 1.165) is 28.3 Å². The van der Waals surface area contributed by atoms with Crippen LogP contribution in [0.15, 0.2) is 22.7 Å². The zero-order valence-electron chi connectivity index (χ0n) is 11.6. The SMILES string of the molecule is CCCNC1CCN(c2ccc(Br)cc2Cl)C(C)C1. The highest BCUT2D eigenvalue weighted by Crippen LogP contribution is 2.33. The van der Waals surface area contributed by atoms with Gasteiger partial charge in [0.1, 0.15) is 0 Å². The van der Waals surface area contributed by atoms with Gasteiger partial charge in [-0.2, -0.15) is 0 Å². The third kappa shape index (κ3) is 3.87. The van der Waals surface area contributed by atoms with Crippen LogP contribution >= 0.6 is 27.5 Å². The first-order valence-corrected chi connectivity index (χ1v) is 8.24. The summed E-state index contributed by atoms with van der Waals surface area (Å²) >= 11 is 9.82. The average molecular weight is 346 g/mol. The van der Waals surface area contributed by atoms with Crippen LogP contribution in [-0.2, 0) is 0 Å².